The number of rotatable bonds is 3. The molecule has 126 valence electrons. The fourth-order valence-electron chi connectivity index (χ4n) is 2.12. The van der Waals surface area contributed by atoms with Crippen LogP contribution in [0, 0.1) is 5.41 Å². The van der Waals surface area contributed by atoms with Crippen molar-refractivity contribution in [3.63, 3.8) is 0 Å². The SMILES string of the molecule is Cl.Cl.N=C(N)NN=C(c1ccccc1)c1cc2cc(Cl)ncc2[nH]1. The zero-order chi connectivity index (χ0) is 15.5. The summed E-state index contributed by atoms with van der Waals surface area (Å²) < 4.78 is 0. The minimum absolute atomic E-state index is 0. The van der Waals surface area contributed by atoms with Crippen LogP contribution in [-0.2, 0) is 0 Å². The third-order valence-corrected chi connectivity index (χ3v) is 3.27. The molecule has 0 radical (unpaired) electrons. The van der Waals surface area contributed by atoms with Crippen molar-refractivity contribution in [3.8, 4) is 0 Å². The quantitative estimate of drug-likeness (QED) is 0.241. The van der Waals surface area contributed by atoms with Crippen LogP contribution in [0.25, 0.3) is 10.9 Å². The standard InChI is InChI=1S/C15H13ClN6.2ClH/c16-13-7-10-6-11(20-12(10)8-19-13)14(21-22-15(17)18)9-4-2-1-3-5-9;;/h1-8,20H,(H4,17,18,22);2*1H. The van der Waals surface area contributed by atoms with E-state index < -0.39 is 0 Å². The van der Waals surface area contributed by atoms with E-state index in [9.17, 15) is 0 Å². The van der Waals surface area contributed by atoms with Crippen LogP contribution in [0.1, 0.15) is 11.3 Å². The van der Waals surface area contributed by atoms with Crippen molar-refractivity contribution in [1.82, 2.24) is 15.4 Å². The van der Waals surface area contributed by atoms with Gasteiger partial charge in [-0.15, -0.1) is 24.8 Å². The number of hydrogen-bond donors (Lipinski definition) is 4. The van der Waals surface area contributed by atoms with Gasteiger partial charge in [0, 0.05) is 10.9 Å². The van der Waals surface area contributed by atoms with Gasteiger partial charge in [-0.05, 0) is 12.1 Å². The van der Waals surface area contributed by atoms with Crippen molar-refractivity contribution in [2.75, 3.05) is 0 Å². The first kappa shape index (κ1) is 19.8. The van der Waals surface area contributed by atoms with Gasteiger partial charge in [0.15, 0.2) is 0 Å². The minimum Gasteiger partial charge on any atom is -0.369 e. The molecule has 6 nitrogen and oxygen atoms in total. The van der Waals surface area contributed by atoms with E-state index in [4.69, 9.17) is 22.7 Å². The van der Waals surface area contributed by atoms with Crippen molar-refractivity contribution in [2.45, 2.75) is 0 Å². The predicted octanol–water partition coefficient (Wildman–Crippen LogP) is 3.30. The molecule has 9 heteroatoms. The molecule has 0 spiro atoms. The lowest BCUT2D eigenvalue weighted by Gasteiger charge is -2.05. The lowest BCUT2D eigenvalue weighted by atomic mass is 10.1. The molecule has 3 rings (SSSR count). The molecule has 3 aromatic rings. The van der Waals surface area contributed by atoms with Gasteiger partial charge in [-0.1, -0.05) is 41.9 Å². The molecule has 0 aliphatic heterocycles. The average molecular weight is 386 g/mol. The molecule has 0 unspecified atom stereocenters. The maximum atomic E-state index is 7.27. The molecule has 0 saturated heterocycles. The molecule has 2 heterocycles. The summed E-state index contributed by atoms with van der Waals surface area (Å²) in [6.07, 6.45) is 1.67. The van der Waals surface area contributed by atoms with Crippen molar-refractivity contribution in [1.29, 1.82) is 5.41 Å². The lowest BCUT2D eigenvalue weighted by Crippen LogP contribution is -2.27. The highest BCUT2D eigenvalue weighted by atomic mass is 35.5. The fourth-order valence-corrected chi connectivity index (χ4v) is 2.29. The van der Waals surface area contributed by atoms with Crippen LogP contribution in [0.5, 0.6) is 0 Å². The molecule has 0 atom stereocenters. The molecule has 2 aromatic heterocycles. The van der Waals surface area contributed by atoms with Crippen LogP contribution in [0.4, 0.5) is 0 Å². The Morgan fingerprint density at radius 2 is 1.92 bits per heavy atom. The molecular formula is C15H15Cl3N6. The van der Waals surface area contributed by atoms with Crippen molar-refractivity contribution < 1.29 is 0 Å². The second-order valence-corrected chi connectivity index (χ2v) is 5.02. The lowest BCUT2D eigenvalue weighted by molar-refractivity contribution is 0.992. The first-order valence-electron chi connectivity index (χ1n) is 6.51. The van der Waals surface area contributed by atoms with Crippen molar-refractivity contribution in [3.05, 3.63) is 65.1 Å². The van der Waals surface area contributed by atoms with E-state index >= 15 is 0 Å². The van der Waals surface area contributed by atoms with E-state index in [0.717, 1.165) is 22.2 Å². The van der Waals surface area contributed by atoms with Crippen LogP contribution in [-0.4, -0.2) is 21.6 Å². The highest BCUT2D eigenvalue weighted by Crippen LogP contribution is 2.20. The summed E-state index contributed by atoms with van der Waals surface area (Å²) in [4.78, 5) is 7.29. The van der Waals surface area contributed by atoms with E-state index in [1.54, 1.807) is 12.3 Å². The van der Waals surface area contributed by atoms with Gasteiger partial charge in [0.1, 0.15) is 10.9 Å². The van der Waals surface area contributed by atoms with Gasteiger partial charge < -0.3 is 10.7 Å². The van der Waals surface area contributed by atoms with Crippen molar-refractivity contribution >= 4 is 59.0 Å². The van der Waals surface area contributed by atoms with Crippen LogP contribution in [0.15, 0.2) is 53.8 Å². The largest absolute Gasteiger partial charge is 0.369 e. The number of nitrogens with zero attached hydrogens (tertiary/aromatic N) is 2. The van der Waals surface area contributed by atoms with Gasteiger partial charge in [-0.25, -0.2) is 10.4 Å². The first-order valence-corrected chi connectivity index (χ1v) is 6.89. The molecule has 0 fully saturated rings. The maximum Gasteiger partial charge on any atom is 0.206 e. The van der Waals surface area contributed by atoms with Gasteiger partial charge in [0.2, 0.25) is 5.96 Å². The molecule has 1 aromatic carbocycles. The van der Waals surface area contributed by atoms with E-state index in [-0.39, 0.29) is 30.8 Å². The Morgan fingerprint density at radius 3 is 2.58 bits per heavy atom. The zero-order valence-corrected chi connectivity index (χ0v) is 14.7. The predicted molar refractivity (Wildman–Crippen MR) is 103 cm³/mol. The summed E-state index contributed by atoms with van der Waals surface area (Å²) in [5.74, 6) is -0.228. The number of nitrogens with two attached hydrogens (primary N) is 1. The molecule has 0 bridgehead atoms. The number of H-pyrrole nitrogens is 1. The molecule has 0 aliphatic rings. The highest BCUT2D eigenvalue weighted by molar-refractivity contribution is 6.30. The zero-order valence-electron chi connectivity index (χ0n) is 12.3. The van der Waals surface area contributed by atoms with Crippen LogP contribution in [0.3, 0.4) is 0 Å². The first-order chi connectivity index (χ1) is 10.6. The fraction of sp³-hybridized carbons (Fsp3) is 0. The second kappa shape index (κ2) is 8.54. The third kappa shape index (κ3) is 4.38. The van der Waals surface area contributed by atoms with E-state index in [2.05, 4.69) is 20.5 Å². The Kier molecular flexibility index (Phi) is 7.03. The summed E-state index contributed by atoms with van der Waals surface area (Å²) in [5.41, 5.74) is 11.0. The van der Waals surface area contributed by atoms with E-state index in [1.807, 2.05) is 36.4 Å². The van der Waals surface area contributed by atoms with Gasteiger partial charge in [-0.2, -0.15) is 5.10 Å². The van der Waals surface area contributed by atoms with Crippen molar-refractivity contribution in [2.24, 2.45) is 10.8 Å². The molecule has 24 heavy (non-hydrogen) atoms. The average Bonchev–Trinajstić information content (AvgIpc) is 2.91. The Balaban J connectivity index is 0.00000144. The van der Waals surface area contributed by atoms with Gasteiger partial charge in [0.05, 0.1) is 17.4 Å². The maximum absolute atomic E-state index is 7.27. The number of aromatic nitrogens is 2. The monoisotopic (exact) mass is 384 g/mol. The van der Waals surface area contributed by atoms with E-state index in [0.29, 0.717) is 10.9 Å². The summed E-state index contributed by atoms with van der Waals surface area (Å²) in [5, 5.41) is 12.8. The summed E-state index contributed by atoms with van der Waals surface area (Å²) in [6.45, 7) is 0. The number of hydrogen-bond acceptors (Lipinski definition) is 3. The molecular weight excluding hydrogens is 371 g/mol. The third-order valence-electron chi connectivity index (χ3n) is 3.06. The normalized spacial score (nSPS) is 10.6. The molecule has 5 N–H and O–H groups in total. The Hall–Kier alpha value is -2.28. The molecule has 0 amide bonds. The Labute approximate surface area is 155 Å². The minimum atomic E-state index is -0.228. The van der Waals surface area contributed by atoms with E-state index in [1.165, 1.54) is 0 Å². The number of nitrogens with one attached hydrogen (secondary N) is 3. The summed E-state index contributed by atoms with van der Waals surface area (Å²) >= 11 is 5.91. The number of halogens is 3. The van der Waals surface area contributed by atoms with Gasteiger partial charge >= 0.3 is 0 Å². The number of hydrazone groups is 1. The van der Waals surface area contributed by atoms with Gasteiger partial charge in [0.25, 0.3) is 0 Å². The van der Waals surface area contributed by atoms with Crippen LogP contribution >= 0.6 is 36.4 Å². The van der Waals surface area contributed by atoms with Crippen LogP contribution < -0.4 is 11.2 Å². The molecule has 0 aliphatic carbocycles. The molecule has 0 saturated carbocycles. The number of fused-ring (bicyclic) bond motifs is 1. The topological polar surface area (TPSA) is 103 Å². The van der Waals surface area contributed by atoms with Crippen LogP contribution in [0.2, 0.25) is 5.15 Å². The highest BCUT2D eigenvalue weighted by Gasteiger charge is 2.11. The second-order valence-electron chi connectivity index (χ2n) is 4.63. The Bertz CT molecular complexity index is 860. The van der Waals surface area contributed by atoms with Gasteiger partial charge in [-0.3, -0.25) is 5.41 Å². The number of benzene rings is 1. The summed E-state index contributed by atoms with van der Waals surface area (Å²) in [7, 11) is 0. The smallest absolute Gasteiger partial charge is 0.206 e. The summed E-state index contributed by atoms with van der Waals surface area (Å²) in [6, 6.07) is 13.3. The Morgan fingerprint density at radius 1 is 1.21 bits per heavy atom. The number of pyridine rings is 1. The number of aromatic amines is 1. The number of guanidine groups is 1.